The van der Waals surface area contributed by atoms with Crippen molar-refractivity contribution in [2.24, 2.45) is 10.8 Å². The molecule has 0 saturated heterocycles. The fourth-order valence-corrected chi connectivity index (χ4v) is 5.80. The summed E-state index contributed by atoms with van der Waals surface area (Å²) in [5, 5.41) is 8.29. The summed E-state index contributed by atoms with van der Waals surface area (Å²) in [7, 11) is 0. The molecule has 9 heteroatoms. The highest BCUT2D eigenvalue weighted by Crippen LogP contribution is 2.34. The van der Waals surface area contributed by atoms with E-state index in [9.17, 15) is 9.59 Å². The van der Waals surface area contributed by atoms with E-state index in [0.29, 0.717) is 35.6 Å². The molecule has 0 N–H and O–H groups in total. The van der Waals surface area contributed by atoms with Gasteiger partial charge in [-0.2, -0.15) is 5.26 Å². The quantitative estimate of drug-likeness (QED) is 0.160. The molecule has 238 valence electrons. The maximum Gasteiger partial charge on any atom is 0.197 e. The maximum absolute atomic E-state index is 12.1. The molecule has 0 atom stereocenters. The average Bonchev–Trinajstić information content (AvgIpc) is 3.77. The first kappa shape index (κ1) is 33.7. The van der Waals surface area contributed by atoms with E-state index in [1.165, 1.54) is 17.7 Å². The van der Waals surface area contributed by atoms with Crippen LogP contribution in [0.2, 0.25) is 0 Å². The molecule has 0 fully saturated rings. The number of rotatable bonds is 0. The number of ketones is 2. The number of carbonyl (C=O) groups is 2. The Balaban J connectivity index is 0.000000154. The first-order chi connectivity index (χ1) is 23.0. The van der Waals surface area contributed by atoms with Crippen molar-refractivity contribution in [2.75, 3.05) is 0 Å². The summed E-state index contributed by atoms with van der Waals surface area (Å²) in [5.74, 6) is 12.7. The molecule has 0 spiro atoms. The van der Waals surface area contributed by atoms with Gasteiger partial charge in [0, 0.05) is 24.0 Å². The third kappa shape index (κ3) is 9.19. The molecule has 8 nitrogen and oxygen atoms in total. The third-order valence-electron chi connectivity index (χ3n) is 7.51. The minimum Gasteiger partial charge on any atom is -0.435 e. The van der Waals surface area contributed by atoms with E-state index in [1.807, 2.05) is 42.5 Å². The van der Waals surface area contributed by atoms with Crippen LogP contribution in [0.4, 0.5) is 0 Å². The van der Waals surface area contributed by atoms with E-state index < -0.39 is 0 Å². The molecule has 0 aliphatic heterocycles. The van der Waals surface area contributed by atoms with Gasteiger partial charge in [0.1, 0.15) is 11.4 Å². The minimum absolute atomic E-state index is 0.0131. The first-order valence-corrected chi connectivity index (χ1v) is 16.2. The van der Waals surface area contributed by atoms with Gasteiger partial charge in [-0.25, -0.2) is 15.0 Å². The molecule has 0 bridgehead atoms. The lowest BCUT2D eigenvalue weighted by Crippen LogP contribution is -2.28. The fourth-order valence-electron chi connectivity index (χ4n) is 5.33. The Kier molecular flexibility index (Phi) is 10.4. The number of carbonyl (C=O) groups excluding carboxylic acids is 2. The van der Waals surface area contributed by atoms with Gasteiger partial charge in [-0.05, 0) is 83.8 Å². The van der Waals surface area contributed by atoms with Crippen LogP contribution in [-0.2, 0) is 12.8 Å². The van der Waals surface area contributed by atoms with E-state index in [4.69, 9.17) is 9.68 Å². The number of thiazole rings is 1. The standard InChI is InChI=1S/C16H14N2O2.C16H14N2OS.C7H5N/c2*1-16(2)7-14-13(15(19)8-16)6-4-11(18-14)3-5-12-9-17-10-20-12;8-6-7-4-2-1-3-5-7/h2*4,6,9-10H,7-8H2,1-2H3;1-5H. The van der Waals surface area contributed by atoms with Crippen LogP contribution in [0.1, 0.15) is 100 Å². The number of pyridine rings is 2. The van der Waals surface area contributed by atoms with Crippen molar-refractivity contribution < 1.29 is 14.0 Å². The molecule has 4 aromatic heterocycles. The van der Waals surface area contributed by atoms with Crippen LogP contribution < -0.4 is 0 Å². The van der Waals surface area contributed by atoms with Gasteiger partial charge >= 0.3 is 0 Å². The van der Waals surface area contributed by atoms with Crippen molar-refractivity contribution in [3.8, 4) is 29.8 Å². The van der Waals surface area contributed by atoms with Gasteiger partial charge in [0.15, 0.2) is 23.7 Å². The van der Waals surface area contributed by atoms with Crippen molar-refractivity contribution in [3.63, 3.8) is 0 Å². The maximum atomic E-state index is 12.1. The van der Waals surface area contributed by atoms with Gasteiger partial charge in [0.05, 0.1) is 45.8 Å². The van der Waals surface area contributed by atoms with Crippen molar-refractivity contribution in [2.45, 2.75) is 53.4 Å². The Hall–Kier alpha value is -5.69. The SMILES string of the molecule is CC1(C)CC(=O)c2ccc(C#Cc3cnco3)nc2C1.CC1(C)CC(=O)c2ccc(C#Cc3cncs3)nc2C1.N#Cc1ccccc1. The summed E-state index contributed by atoms with van der Waals surface area (Å²) in [6.07, 6.45) is 7.42. The lowest BCUT2D eigenvalue weighted by atomic mass is 9.75. The Morgan fingerprint density at radius 1 is 0.708 bits per heavy atom. The molecule has 48 heavy (non-hydrogen) atoms. The summed E-state index contributed by atoms with van der Waals surface area (Å²) >= 11 is 1.50. The Bertz CT molecular complexity index is 1960. The lowest BCUT2D eigenvalue weighted by molar-refractivity contribution is 0.0900. The van der Waals surface area contributed by atoms with E-state index in [-0.39, 0.29) is 22.4 Å². The lowest BCUT2D eigenvalue weighted by Gasteiger charge is -2.29. The van der Waals surface area contributed by atoms with Gasteiger partial charge in [-0.1, -0.05) is 45.9 Å². The molecule has 2 aliphatic rings. The van der Waals surface area contributed by atoms with Crippen LogP contribution in [-0.4, -0.2) is 31.5 Å². The first-order valence-electron chi connectivity index (χ1n) is 15.3. The van der Waals surface area contributed by atoms with Crippen molar-refractivity contribution in [1.29, 1.82) is 5.26 Å². The van der Waals surface area contributed by atoms with Gasteiger partial charge in [-0.15, -0.1) is 11.3 Å². The predicted octanol–water partition coefficient (Wildman–Crippen LogP) is 7.28. The molecular formula is C39H33N5O3S. The average molecular weight is 652 g/mol. The van der Waals surface area contributed by atoms with Crippen molar-refractivity contribution >= 4 is 22.9 Å². The molecular weight excluding hydrogens is 619 g/mol. The molecule has 5 aromatic rings. The van der Waals surface area contributed by atoms with Crippen LogP contribution in [0, 0.1) is 45.8 Å². The number of nitriles is 1. The van der Waals surface area contributed by atoms with Crippen LogP contribution in [0.5, 0.6) is 0 Å². The second-order valence-electron chi connectivity index (χ2n) is 13.0. The zero-order valence-corrected chi connectivity index (χ0v) is 28.0. The highest BCUT2D eigenvalue weighted by molar-refractivity contribution is 7.10. The third-order valence-corrected chi connectivity index (χ3v) is 8.20. The number of oxazole rings is 1. The van der Waals surface area contributed by atoms with Gasteiger partial charge < -0.3 is 4.42 Å². The number of fused-ring (bicyclic) bond motifs is 2. The van der Waals surface area contributed by atoms with Crippen LogP contribution in [0.25, 0.3) is 0 Å². The molecule has 0 unspecified atom stereocenters. The summed E-state index contributed by atoms with van der Waals surface area (Å²) in [6.45, 7) is 8.38. The summed E-state index contributed by atoms with van der Waals surface area (Å²) in [6, 6.07) is 18.4. The zero-order chi connectivity index (χ0) is 34.1. The zero-order valence-electron chi connectivity index (χ0n) is 27.2. The largest absolute Gasteiger partial charge is 0.435 e. The Morgan fingerprint density at radius 3 is 1.77 bits per heavy atom. The van der Waals surface area contributed by atoms with Gasteiger partial charge in [0.25, 0.3) is 0 Å². The summed E-state index contributed by atoms with van der Waals surface area (Å²) in [5.41, 5.74) is 6.99. The monoisotopic (exact) mass is 651 g/mol. The van der Waals surface area contributed by atoms with Crippen LogP contribution >= 0.6 is 11.3 Å². The van der Waals surface area contributed by atoms with E-state index >= 15 is 0 Å². The molecule has 2 aliphatic carbocycles. The minimum atomic E-state index is -0.0337. The normalized spacial score (nSPS) is 14.8. The highest BCUT2D eigenvalue weighted by Gasteiger charge is 2.32. The van der Waals surface area contributed by atoms with Crippen molar-refractivity contribution in [3.05, 3.63) is 129 Å². The molecule has 1 aromatic carbocycles. The van der Waals surface area contributed by atoms with Crippen molar-refractivity contribution in [1.82, 2.24) is 19.9 Å². The Labute approximate surface area is 284 Å². The summed E-state index contributed by atoms with van der Waals surface area (Å²) in [4.78, 5) is 41.9. The Morgan fingerprint density at radius 2 is 1.29 bits per heavy atom. The number of aromatic nitrogens is 4. The van der Waals surface area contributed by atoms with Crippen LogP contribution in [0.15, 0.2) is 83.3 Å². The van der Waals surface area contributed by atoms with E-state index in [2.05, 4.69) is 71.3 Å². The fraction of sp³-hybridized carbons (Fsp3) is 0.256. The number of hydrogen-bond acceptors (Lipinski definition) is 9. The van der Waals surface area contributed by atoms with Crippen LogP contribution in [0.3, 0.4) is 0 Å². The summed E-state index contributed by atoms with van der Waals surface area (Å²) < 4.78 is 5.05. The second-order valence-corrected chi connectivity index (χ2v) is 13.9. The number of nitrogens with zero attached hydrogens (tertiary/aromatic N) is 5. The molecule has 0 radical (unpaired) electrons. The topological polar surface area (TPSA) is 123 Å². The number of Topliss-reactive ketones (excluding diaryl/α,β-unsaturated/α-hetero) is 2. The molecule has 0 saturated carbocycles. The molecule has 0 amide bonds. The number of benzene rings is 1. The number of hydrogen-bond donors (Lipinski definition) is 0. The molecule has 4 heterocycles. The smallest absolute Gasteiger partial charge is 0.197 e. The van der Waals surface area contributed by atoms with Gasteiger partial charge in [0.2, 0.25) is 0 Å². The predicted molar refractivity (Wildman–Crippen MR) is 183 cm³/mol. The van der Waals surface area contributed by atoms with E-state index in [0.717, 1.165) is 40.2 Å². The second kappa shape index (κ2) is 14.8. The molecule has 7 rings (SSSR count). The van der Waals surface area contributed by atoms with E-state index in [1.54, 1.807) is 36.1 Å². The van der Waals surface area contributed by atoms with Gasteiger partial charge in [-0.3, -0.25) is 14.6 Å². The highest BCUT2D eigenvalue weighted by atomic mass is 32.1.